The Labute approximate surface area is 152 Å². The van der Waals surface area contributed by atoms with Crippen molar-refractivity contribution >= 4 is 11.0 Å². The number of ether oxygens (including phenoxy) is 1. The van der Waals surface area contributed by atoms with E-state index in [2.05, 4.69) is 28.3 Å². The number of aromatic amines is 1. The van der Waals surface area contributed by atoms with Gasteiger partial charge >= 0.3 is 0 Å². The molecule has 0 aromatic heterocycles. The maximum Gasteiger partial charge on any atom is 0.227 e. The van der Waals surface area contributed by atoms with Crippen molar-refractivity contribution in [2.24, 2.45) is 0 Å². The highest BCUT2D eigenvalue weighted by Gasteiger charge is 2.14. The van der Waals surface area contributed by atoms with Crippen LogP contribution in [0.5, 0.6) is 5.75 Å². The average molecular weight is 355 g/mol. The molecule has 0 spiro atoms. The van der Waals surface area contributed by atoms with Crippen LogP contribution in [0, 0.1) is 0 Å². The van der Waals surface area contributed by atoms with Crippen LogP contribution in [-0.2, 0) is 6.54 Å². The molecule has 3 rings (SSSR count). The van der Waals surface area contributed by atoms with E-state index >= 15 is 0 Å². The van der Waals surface area contributed by atoms with E-state index in [1.54, 1.807) is 7.11 Å². The third-order valence-electron chi connectivity index (χ3n) is 4.87. The van der Waals surface area contributed by atoms with Crippen molar-refractivity contribution in [3.63, 3.8) is 0 Å². The zero-order valence-electron chi connectivity index (χ0n) is 15.5. The van der Waals surface area contributed by atoms with E-state index in [1.807, 2.05) is 18.2 Å². The minimum atomic E-state index is -0.495. The van der Waals surface area contributed by atoms with Gasteiger partial charge in [-0.2, -0.15) is 0 Å². The van der Waals surface area contributed by atoms with Gasteiger partial charge in [-0.25, -0.2) is 0 Å². The molecule has 1 N–H and O–H groups in total. The summed E-state index contributed by atoms with van der Waals surface area (Å²) in [6, 6.07) is 8.62. The molecule has 0 unspecified atom stereocenters. The molecule has 0 saturated carbocycles. The van der Waals surface area contributed by atoms with Crippen molar-refractivity contribution in [1.29, 1.82) is 0 Å². The smallest absolute Gasteiger partial charge is 0.227 e. The number of fused-ring (bicyclic) bond motifs is 2. The maximum absolute atomic E-state index is 11.9. The molecular formula is C20H25N3O3. The quantitative estimate of drug-likeness (QED) is 0.522. The molecule has 1 aromatic rings. The number of benzene rings is 2. The summed E-state index contributed by atoms with van der Waals surface area (Å²) in [5.74, 6) is 0.741. The molecule has 2 aliphatic rings. The molecule has 0 radical (unpaired) electrons. The second kappa shape index (κ2) is 7.74. The first-order chi connectivity index (χ1) is 12.6. The van der Waals surface area contributed by atoms with Crippen molar-refractivity contribution in [2.75, 3.05) is 26.7 Å². The summed E-state index contributed by atoms with van der Waals surface area (Å²) in [6.07, 6.45) is 0.958. The number of H-pyrrole nitrogens is 1. The first-order valence-corrected chi connectivity index (χ1v) is 9.04. The first-order valence-electron chi connectivity index (χ1n) is 9.04. The Bertz CT molecular complexity index is 986. The van der Waals surface area contributed by atoms with E-state index in [-0.39, 0.29) is 0 Å². The van der Waals surface area contributed by atoms with Crippen LogP contribution in [0.15, 0.2) is 39.9 Å². The summed E-state index contributed by atoms with van der Waals surface area (Å²) in [5, 5.41) is 0. The van der Waals surface area contributed by atoms with Crippen molar-refractivity contribution in [3.8, 4) is 17.1 Å². The van der Waals surface area contributed by atoms with Crippen molar-refractivity contribution in [1.82, 2.24) is 14.5 Å². The standard InChI is InChI=1S/C20H25N3O3/c1-4-22(5-2)9-6-10-23-17-8-7-14(26-3)11-15(17)21-16-12-19(24)20(25)13-18(16)23/h7-8,11-13,21H,4-6,9-10H2,1-3H3. The van der Waals surface area contributed by atoms with Gasteiger partial charge in [-0.05, 0) is 38.2 Å². The third kappa shape index (κ3) is 3.51. The number of rotatable bonds is 7. The third-order valence-corrected chi connectivity index (χ3v) is 4.87. The van der Waals surface area contributed by atoms with Gasteiger partial charge < -0.3 is 19.2 Å². The number of methoxy groups -OCH3 is 1. The molecule has 0 fully saturated rings. The summed E-state index contributed by atoms with van der Waals surface area (Å²) in [4.78, 5) is 29.4. The fraction of sp³-hybridized carbons (Fsp3) is 0.400. The summed E-state index contributed by atoms with van der Waals surface area (Å²) in [6.45, 7) is 8.11. The fourth-order valence-electron chi connectivity index (χ4n) is 3.36. The summed E-state index contributed by atoms with van der Waals surface area (Å²) < 4.78 is 7.43. The monoisotopic (exact) mass is 355 g/mol. The molecule has 1 aliphatic heterocycles. The highest BCUT2D eigenvalue weighted by Crippen LogP contribution is 2.26. The van der Waals surface area contributed by atoms with E-state index in [0.29, 0.717) is 5.69 Å². The lowest BCUT2D eigenvalue weighted by atomic mass is 10.1. The molecule has 0 amide bonds. The molecule has 0 bridgehead atoms. The van der Waals surface area contributed by atoms with Gasteiger partial charge in [0, 0.05) is 24.7 Å². The lowest BCUT2D eigenvalue weighted by Crippen LogP contribution is -2.26. The maximum atomic E-state index is 11.9. The lowest BCUT2D eigenvalue weighted by molar-refractivity contribution is 0.294. The number of hydrogen-bond acceptors (Lipinski definition) is 4. The van der Waals surface area contributed by atoms with Crippen LogP contribution < -0.4 is 15.6 Å². The van der Waals surface area contributed by atoms with Crippen molar-refractivity contribution < 1.29 is 4.74 Å². The molecule has 6 nitrogen and oxygen atoms in total. The van der Waals surface area contributed by atoms with Gasteiger partial charge in [0.2, 0.25) is 10.9 Å². The Morgan fingerprint density at radius 3 is 2.50 bits per heavy atom. The van der Waals surface area contributed by atoms with Gasteiger partial charge in [-0.3, -0.25) is 9.59 Å². The Morgan fingerprint density at radius 1 is 1.08 bits per heavy atom. The molecule has 138 valence electrons. The zero-order chi connectivity index (χ0) is 18.7. The zero-order valence-corrected chi connectivity index (χ0v) is 15.5. The van der Waals surface area contributed by atoms with Gasteiger partial charge in [-0.15, -0.1) is 0 Å². The molecule has 26 heavy (non-hydrogen) atoms. The Balaban J connectivity index is 2.11. The van der Waals surface area contributed by atoms with E-state index in [4.69, 9.17) is 4.74 Å². The number of nitrogens with zero attached hydrogens (tertiary/aromatic N) is 2. The number of aryl methyl sites for hydroxylation is 1. The first kappa shape index (κ1) is 18.2. The Morgan fingerprint density at radius 2 is 1.81 bits per heavy atom. The van der Waals surface area contributed by atoms with Crippen LogP contribution in [0.3, 0.4) is 0 Å². The molecule has 0 atom stereocenters. The van der Waals surface area contributed by atoms with Gasteiger partial charge in [0.15, 0.2) is 0 Å². The largest absolute Gasteiger partial charge is 0.497 e. The fourth-order valence-corrected chi connectivity index (χ4v) is 3.36. The van der Waals surface area contributed by atoms with Crippen molar-refractivity contribution in [3.05, 3.63) is 50.8 Å². The Hall–Kier alpha value is -2.60. The second-order valence-electron chi connectivity index (χ2n) is 6.36. The lowest BCUT2D eigenvalue weighted by Gasteiger charge is -2.22. The van der Waals surface area contributed by atoms with Crippen LogP contribution in [0.25, 0.3) is 22.4 Å². The predicted octanol–water partition coefficient (Wildman–Crippen LogP) is 2.54. The highest BCUT2D eigenvalue weighted by atomic mass is 16.5. The second-order valence-corrected chi connectivity index (χ2v) is 6.36. The number of nitrogens with one attached hydrogen (secondary N) is 1. The summed E-state index contributed by atoms with van der Waals surface area (Å²) in [5.41, 5.74) is 2.31. The summed E-state index contributed by atoms with van der Waals surface area (Å²) >= 11 is 0. The Kier molecular flexibility index (Phi) is 5.42. The minimum Gasteiger partial charge on any atom is -0.497 e. The molecule has 1 aliphatic carbocycles. The van der Waals surface area contributed by atoms with Crippen LogP contribution in [0.2, 0.25) is 0 Å². The summed E-state index contributed by atoms with van der Waals surface area (Å²) in [7, 11) is 1.62. The van der Waals surface area contributed by atoms with Gasteiger partial charge in [0.1, 0.15) is 5.75 Å². The van der Waals surface area contributed by atoms with Crippen molar-refractivity contribution in [2.45, 2.75) is 26.8 Å². The molecule has 1 aromatic carbocycles. The molecular weight excluding hydrogens is 330 g/mol. The van der Waals surface area contributed by atoms with Crippen LogP contribution in [0.4, 0.5) is 0 Å². The minimum absolute atomic E-state index is 0.476. The van der Waals surface area contributed by atoms with Gasteiger partial charge in [0.05, 0.1) is 29.5 Å². The van der Waals surface area contributed by atoms with E-state index in [1.165, 1.54) is 12.1 Å². The van der Waals surface area contributed by atoms with Crippen LogP contribution in [-0.4, -0.2) is 41.2 Å². The SMILES string of the molecule is CCN(CC)CCCn1c2cc(=O)c(=O)cc-2[nH]c2cc(OC)ccc21. The molecule has 1 heterocycles. The molecule has 6 heteroatoms. The number of hydrogen-bond donors (Lipinski definition) is 1. The van der Waals surface area contributed by atoms with Gasteiger partial charge in [0.25, 0.3) is 0 Å². The van der Waals surface area contributed by atoms with Crippen LogP contribution >= 0.6 is 0 Å². The highest BCUT2D eigenvalue weighted by molar-refractivity contribution is 5.81. The predicted molar refractivity (Wildman–Crippen MR) is 104 cm³/mol. The van der Waals surface area contributed by atoms with Crippen LogP contribution in [0.1, 0.15) is 20.3 Å². The van der Waals surface area contributed by atoms with Gasteiger partial charge in [-0.1, -0.05) is 13.8 Å². The van der Waals surface area contributed by atoms with E-state index in [9.17, 15) is 9.59 Å². The number of aromatic nitrogens is 2. The average Bonchev–Trinajstić information content (AvgIpc) is 2.65. The molecule has 0 saturated heterocycles. The van der Waals surface area contributed by atoms with E-state index < -0.39 is 10.9 Å². The van der Waals surface area contributed by atoms with E-state index in [0.717, 1.165) is 55.1 Å². The normalized spacial score (nSPS) is 11.5. The topological polar surface area (TPSA) is 67.3 Å².